The van der Waals surface area contributed by atoms with Crippen LogP contribution in [0.2, 0.25) is 0 Å². The van der Waals surface area contributed by atoms with E-state index in [1.54, 1.807) is 0 Å². The van der Waals surface area contributed by atoms with Gasteiger partial charge in [0.15, 0.2) is 0 Å². The van der Waals surface area contributed by atoms with E-state index in [9.17, 15) is 4.79 Å². The summed E-state index contributed by atoms with van der Waals surface area (Å²) < 4.78 is 0. The number of anilines is 2. The van der Waals surface area contributed by atoms with Gasteiger partial charge in [-0.2, -0.15) is 4.98 Å². The summed E-state index contributed by atoms with van der Waals surface area (Å²) in [5.74, 6) is 2.41. The van der Waals surface area contributed by atoms with Crippen molar-refractivity contribution in [1.29, 1.82) is 0 Å². The summed E-state index contributed by atoms with van der Waals surface area (Å²) in [5.41, 5.74) is 12.7. The number of nitrogens with two attached hydrogens (primary N) is 2. The van der Waals surface area contributed by atoms with Crippen LogP contribution in [0.3, 0.4) is 0 Å². The minimum Gasteiger partial charge on any atom is -0.370 e. The minimum absolute atomic E-state index is 0. The number of nitrogens with one attached hydrogen (secondary N) is 1. The third kappa shape index (κ3) is 6.09. The smallest absolute Gasteiger partial charge is 0.225 e. The molecule has 7 nitrogen and oxygen atoms in total. The molecule has 2 fully saturated rings. The summed E-state index contributed by atoms with van der Waals surface area (Å²) in [6.07, 6.45) is 3.99. The zero-order chi connectivity index (χ0) is 18.0. The van der Waals surface area contributed by atoms with E-state index in [4.69, 9.17) is 11.5 Å². The van der Waals surface area contributed by atoms with Crippen molar-refractivity contribution in [3.8, 4) is 0 Å². The molecule has 0 aromatic carbocycles. The van der Waals surface area contributed by atoms with E-state index in [0.29, 0.717) is 17.8 Å². The standard InChI is InChI=1S/C18H30N6O.2ClH/c1-11(2)17(25)24-5-3-12(4-6-24)10-21-16-9-15(22-18(20)23-16)13-7-14(19)8-13;;/h9,11-14H,3-8,10,19H2,1-2H3,(H3,20,21,22,23);2*1H. The van der Waals surface area contributed by atoms with Crippen LogP contribution < -0.4 is 16.8 Å². The van der Waals surface area contributed by atoms with E-state index in [1.807, 2.05) is 24.8 Å². The van der Waals surface area contributed by atoms with Gasteiger partial charge in [-0.3, -0.25) is 4.79 Å². The first kappa shape index (κ1) is 23.7. The number of hydrogen-bond donors (Lipinski definition) is 3. The maximum atomic E-state index is 12.1. The van der Waals surface area contributed by atoms with Crippen LogP contribution in [-0.2, 0) is 4.79 Å². The lowest BCUT2D eigenvalue weighted by Gasteiger charge is -2.33. The van der Waals surface area contributed by atoms with E-state index in [2.05, 4.69) is 15.3 Å². The molecule has 154 valence electrons. The molecule has 0 spiro atoms. The van der Waals surface area contributed by atoms with Gasteiger partial charge < -0.3 is 21.7 Å². The van der Waals surface area contributed by atoms with Crippen molar-refractivity contribution in [2.24, 2.45) is 17.6 Å². The number of carbonyl (C=O) groups excluding carboxylic acids is 1. The number of halogens is 2. The van der Waals surface area contributed by atoms with Crippen LogP contribution in [0.5, 0.6) is 0 Å². The second-order valence-electron chi connectivity index (χ2n) is 7.77. The summed E-state index contributed by atoms with van der Waals surface area (Å²) in [6.45, 7) is 6.47. The van der Waals surface area contributed by atoms with E-state index in [-0.39, 0.29) is 42.7 Å². The third-order valence-electron chi connectivity index (χ3n) is 5.35. The molecule has 2 aliphatic rings. The highest BCUT2D eigenvalue weighted by atomic mass is 35.5. The average molecular weight is 419 g/mol. The zero-order valence-electron chi connectivity index (χ0n) is 16.1. The number of amides is 1. The van der Waals surface area contributed by atoms with Gasteiger partial charge in [0.2, 0.25) is 11.9 Å². The lowest BCUT2D eigenvalue weighted by molar-refractivity contribution is -0.135. The highest BCUT2D eigenvalue weighted by Gasteiger charge is 2.29. The number of nitrogens with zero attached hydrogens (tertiary/aromatic N) is 3. The number of carbonyl (C=O) groups is 1. The Morgan fingerprint density at radius 3 is 2.44 bits per heavy atom. The van der Waals surface area contributed by atoms with Gasteiger partial charge >= 0.3 is 0 Å². The number of rotatable bonds is 5. The van der Waals surface area contributed by atoms with Gasteiger partial charge in [-0.05, 0) is 31.6 Å². The molecule has 5 N–H and O–H groups in total. The second-order valence-corrected chi connectivity index (χ2v) is 7.77. The topological polar surface area (TPSA) is 110 Å². The van der Waals surface area contributed by atoms with Crippen LogP contribution >= 0.6 is 24.8 Å². The second kappa shape index (κ2) is 10.3. The Bertz CT molecular complexity index is 616. The van der Waals surface area contributed by atoms with Gasteiger partial charge in [0.05, 0.1) is 5.69 Å². The molecule has 3 rings (SSSR count). The van der Waals surface area contributed by atoms with Crippen molar-refractivity contribution in [1.82, 2.24) is 14.9 Å². The first-order valence-corrected chi connectivity index (χ1v) is 9.35. The predicted octanol–water partition coefficient (Wildman–Crippen LogP) is 2.41. The number of hydrogen-bond acceptors (Lipinski definition) is 6. The van der Waals surface area contributed by atoms with Crippen molar-refractivity contribution in [3.63, 3.8) is 0 Å². The Morgan fingerprint density at radius 1 is 1.26 bits per heavy atom. The molecule has 1 amide bonds. The van der Waals surface area contributed by atoms with Crippen LogP contribution in [-0.4, -0.2) is 46.5 Å². The number of likely N-dealkylation sites (tertiary alicyclic amines) is 1. The van der Waals surface area contributed by atoms with Gasteiger partial charge in [0.25, 0.3) is 0 Å². The molecule has 0 radical (unpaired) electrons. The predicted molar refractivity (Wildman–Crippen MR) is 114 cm³/mol. The first-order chi connectivity index (χ1) is 11.9. The van der Waals surface area contributed by atoms with E-state index in [1.165, 1.54) is 0 Å². The summed E-state index contributed by atoms with van der Waals surface area (Å²) >= 11 is 0. The molecule has 1 aliphatic carbocycles. The van der Waals surface area contributed by atoms with Crippen molar-refractivity contribution >= 4 is 42.5 Å². The van der Waals surface area contributed by atoms with Gasteiger partial charge in [0.1, 0.15) is 5.82 Å². The van der Waals surface area contributed by atoms with Crippen LogP contribution in [0, 0.1) is 11.8 Å². The Kier molecular flexibility index (Phi) is 9.05. The fourth-order valence-corrected chi connectivity index (χ4v) is 3.66. The molecule has 1 aliphatic heterocycles. The quantitative estimate of drug-likeness (QED) is 0.676. The van der Waals surface area contributed by atoms with E-state index < -0.39 is 0 Å². The molecule has 0 bridgehead atoms. The molecule has 9 heteroatoms. The zero-order valence-corrected chi connectivity index (χ0v) is 17.7. The molecule has 0 unspecified atom stereocenters. The van der Waals surface area contributed by atoms with Crippen LogP contribution in [0.1, 0.15) is 51.1 Å². The van der Waals surface area contributed by atoms with Crippen LogP contribution in [0.15, 0.2) is 6.07 Å². The first-order valence-electron chi connectivity index (χ1n) is 9.35. The highest BCUT2D eigenvalue weighted by Crippen LogP contribution is 2.35. The molecule has 1 aromatic heterocycles. The number of aromatic nitrogens is 2. The van der Waals surface area contributed by atoms with E-state index >= 15 is 0 Å². The fourth-order valence-electron chi connectivity index (χ4n) is 3.66. The Hall–Kier alpha value is -1.31. The summed E-state index contributed by atoms with van der Waals surface area (Å²) in [5, 5.41) is 3.41. The Morgan fingerprint density at radius 2 is 1.89 bits per heavy atom. The molecule has 27 heavy (non-hydrogen) atoms. The van der Waals surface area contributed by atoms with Crippen LogP contribution in [0.25, 0.3) is 0 Å². The third-order valence-corrected chi connectivity index (χ3v) is 5.35. The van der Waals surface area contributed by atoms with Crippen LogP contribution in [0.4, 0.5) is 11.8 Å². The Balaban J connectivity index is 0.00000182. The van der Waals surface area contributed by atoms with Crippen molar-refractivity contribution in [2.75, 3.05) is 30.7 Å². The largest absolute Gasteiger partial charge is 0.370 e. The highest BCUT2D eigenvalue weighted by molar-refractivity contribution is 5.85. The van der Waals surface area contributed by atoms with Crippen molar-refractivity contribution < 1.29 is 4.79 Å². The van der Waals surface area contributed by atoms with Crippen molar-refractivity contribution in [2.45, 2.75) is 51.5 Å². The SMILES string of the molecule is CC(C)C(=O)N1CCC(CNc2cc(C3CC(N)C3)nc(N)n2)CC1.Cl.Cl. The molecule has 0 atom stereocenters. The lowest BCUT2D eigenvalue weighted by Crippen LogP contribution is -2.41. The van der Waals surface area contributed by atoms with E-state index in [0.717, 1.165) is 56.8 Å². The molecule has 1 saturated carbocycles. The minimum atomic E-state index is 0. The summed E-state index contributed by atoms with van der Waals surface area (Å²) in [4.78, 5) is 22.7. The summed E-state index contributed by atoms with van der Waals surface area (Å²) in [7, 11) is 0. The maximum absolute atomic E-state index is 12.1. The molecule has 1 saturated heterocycles. The van der Waals surface area contributed by atoms with Gasteiger partial charge in [-0.1, -0.05) is 13.8 Å². The van der Waals surface area contributed by atoms with Gasteiger partial charge in [-0.15, -0.1) is 24.8 Å². The average Bonchev–Trinajstić information content (AvgIpc) is 2.56. The molecular weight excluding hydrogens is 387 g/mol. The monoisotopic (exact) mass is 418 g/mol. The van der Waals surface area contributed by atoms with Gasteiger partial charge in [-0.25, -0.2) is 4.98 Å². The lowest BCUT2D eigenvalue weighted by atomic mass is 9.78. The number of nitrogen functional groups attached to an aromatic ring is 1. The normalized spacial score (nSPS) is 22.4. The molecule has 1 aromatic rings. The van der Waals surface area contributed by atoms with Crippen molar-refractivity contribution in [3.05, 3.63) is 11.8 Å². The van der Waals surface area contributed by atoms with Gasteiger partial charge in [0, 0.05) is 43.6 Å². The maximum Gasteiger partial charge on any atom is 0.225 e. The fraction of sp³-hybridized carbons (Fsp3) is 0.722. The molecule has 2 heterocycles. The summed E-state index contributed by atoms with van der Waals surface area (Å²) in [6, 6.07) is 2.29. The Labute approximate surface area is 173 Å². The number of piperidine rings is 1. The molecular formula is C18H32Cl2N6O.